The third kappa shape index (κ3) is 1.58. The molecule has 2 aromatic rings. The van der Waals surface area contributed by atoms with E-state index in [1.165, 1.54) is 0 Å². The fourth-order valence-corrected chi connectivity index (χ4v) is 2.96. The van der Waals surface area contributed by atoms with E-state index < -0.39 is 0 Å². The van der Waals surface area contributed by atoms with Crippen LogP contribution in [0.15, 0.2) is 30.3 Å². The lowest BCUT2D eigenvalue weighted by molar-refractivity contribution is 0.104. The first-order chi connectivity index (χ1) is 8.61. The van der Waals surface area contributed by atoms with Crippen LogP contribution in [-0.2, 0) is 6.42 Å². The number of fused-ring (bicyclic) bond motifs is 3. The highest BCUT2D eigenvalue weighted by molar-refractivity contribution is 6.40. The van der Waals surface area contributed by atoms with E-state index in [0.717, 1.165) is 28.7 Å². The molecule has 0 N–H and O–H groups in total. The Bertz CT molecular complexity index is 674. The van der Waals surface area contributed by atoms with Crippen LogP contribution in [0.4, 0.5) is 0 Å². The van der Waals surface area contributed by atoms with Crippen LogP contribution in [0, 0.1) is 0 Å². The van der Waals surface area contributed by atoms with Crippen molar-refractivity contribution in [3.63, 3.8) is 0 Å². The molecule has 0 saturated heterocycles. The van der Waals surface area contributed by atoms with Gasteiger partial charge in [0, 0.05) is 16.1 Å². The molecule has 0 spiro atoms. The van der Waals surface area contributed by atoms with Gasteiger partial charge in [0.15, 0.2) is 5.78 Å². The highest BCUT2D eigenvalue weighted by Gasteiger charge is 2.29. The zero-order valence-corrected chi connectivity index (χ0v) is 11.3. The van der Waals surface area contributed by atoms with E-state index in [9.17, 15) is 4.79 Å². The molecule has 1 aliphatic carbocycles. The second kappa shape index (κ2) is 4.11. The van der Waals surface area contributed by atoms with Gasteiger partial charge in [0.25, 0.3) is 0 Å². The summed E-state index contributed by atoms with van der Waals surface area (Å²) in [6.07, 6.45) is 0.908. The Hall–Kier alpha value is -1.31. The molecule has 0 bridgehead atoms. The molecule has 0 amide bonds. The van der Waals surface area contributed by atoms with Crippen LogP contribution in [0.2, 0.25) is 10.0 Å². The minimum absolute atomic E-state index is 0.00281. The summed E-state index contributed by atoms with van der Waals surface area (Å²) < 4.78 is 0. The first-order valence-corrected chi connectivity index (χ1v) is 6.54. The molecule has 0 radical (unpaired) electrons. The van der Waals surface area contributed by atoms with Crippen molar-refractivity contribution in [3.05, 3.63) is 57.1 Å². The van der Waals surface area contributed by atoms with Crippen molar-refractivity contribution in [2.75, 3.05) is 0 Å². The predicted octanol–water partition coefficient (Wildman–Crippen LogP) is 4.77. The SMILES string of the molecule is CCc1ccc2c(c1)C(=O)c1c(Cl)cc(Cl)cc1-2. The highest BCUT2D eigenvalue weighted by atomic mass is 35.5. The summed E-state index contributed by atoms with van der Waals surface area (Å²) >= 11 is 12.1. The molecule has 90 valence electrons. The second-order valence-corrected chi connectivity index (χ2v) is 5.22. The summed E-state index contributed by atoms with van der Waals surface area (Å²) in [4.78, 5) is 12.4. The molecule has 0 saturated carbocycles. The normalized spacial score (nSPS) is 12.5. The minimum atomic E-state index is -0.00281. The fourth-order valence-electron chi connectivity index (χ4n) is 2.39. The van der Waals surface area contributed by atoms with Crippen LogP contribution in [0.3, 0.4) is 0 Å². The zero-order valence-electron chi connectivity index (χ0n) is 9.76. The maximum absolute atomic E-state index is 12.4. The van der Waals surface area contributed by atoms with Gasteiger partial charge < -0.3 is 0 Å². The summed E-state index contributed by atoms with van der Waals surface area (Å²) in [5.74, 6) is -0.00281. The van der Waals surface area contributed by atoms with Gasteiger partial charge in [-0.05, 0) is 41.3 Å². The van der Waals surface area contributed by atoms with Gasteiger partial charge in [-0.25, -0.2) is 0 Å². The number of rotatable bonds is 1. The number of carbonyl (C=O) groups excluding carboxylic acids is 1. The van der Waals surface area contributed by atoms with E-state index in [0.29, 0.717) is 15.6 Å². The van der Waals surface area contributed by atoms with E-state index in [4.69, 9.17) is 23.2 Å². The Balaban J connectivity index is 2.32. The topological polar surface area (TPSA) is 17.1 Å². The Labute approximate surface area is 115 Å². The van der Waals surface area contributed by atoms with Crippen molar-refractivity contribution in [1.82, 2.24) is 0 Å². The molecule has 0 fully saturated rings. The maximum atomic E-state index is 12.4. The molecule has 18 heavy (non-hydrogen) atoms. The number of carbonyl (C=O) groups is 1. The molecule has 1 nitrogen and oxygen atoms in total. The van der Waals surface area contributed by atoms with Crippen molar-refractivity contribution in [2.45, 2.75) is 13.3 Å². The summed E-state index contributed by atoms with van der Waals surface area (Å²) in [6, 6.07) is 9.38. The molecule has 1 aliphatic rings. The molecular weight excluding hydrogens is 267 g/mol. The van der Waals surface area contributed by atoms with Gasteiger partial charge in [0.05, 0.1) is 5.02 Å². The number of halogens is 2. The lowest BCUT2D eigenvalue weighted by atomic mass is 10.0. The van der Waals surface area contributed by atoms with Crippen molar-refractivity contribution in [3.8, 4) is 11.1 Å². The van der Waals surface area contributed by atoms with E-state index in [-0.39, 0.29) is 5.78 Å². The Kier molecular flexibility index (Phi) is 2.69. The first-order valence-electron chi connectivity index (χ1n) is 5.79. The van der Waals surface area contributed by atoms with Gasteiger partial charge in [0.2, 0.25) is 0 Å². The van der Waals surface area contributed by atoms with Gasteiger partial charge in [0.1, 0.15) is 0 Å². The molecule has 0 aromatic heterocycles. The average Bonchev–Trinajstić information content (AvgIpc) is 2.62. The summed E-state index contributed by atoms with van der Waals surface area (Å²) in [6.45, 7) is 2.07. The molecular formula is C15H10Cl2O. The number of hydrogen-bond donors (Lipinski definition) is 0. The molecule has 0 aliphatic heterocycles. The standard InChI is InChI=1S/C15H10Cl2O/c1-2-8-3-4-10-11-6-9(16)7-13(17)14(11)15(18)12(10)5-8/h3-7H,2H2,1H3. The van der Waals surface area contributed by atoms with Crippen LogP contribution in [-0.4, -0.2) is 5.78 Å². The maximum Gasteiger partial charge on any atom is 0.195 e. The van der Waals surface area contributed by atoms with E-state index >= 15 is 0 Å². The monoisotopic (exact) mass is 276 g/mol. The molecule has 3 rings (SSSR count). The van der Waals surface area contributed by atoms with E-state index in [1.807, 2.05) is 18.2 Å². The number of benzene rings is 2. The number of aryl methyl sites for hydroxylation is 1. The summed E-state index contributed by atoms with van der Waals surface area (Å²) in [5.41, 5.74) is 4.22. The van der Waals surface area contributed by atoms with Crippen molar-refractivity contribution >= 4 is 29.0 Å². The number of hydrogen-bond acceptors (Lipinski definition) is 1. The molecule has 0 heterocycles. The van der Waals surface area contributed by atoms with Crippen molar-refractivity contribution in [1.29, 1.82) is 0 Å². The van der Waals surface area contributed by atoms with Crippen molar-refractivity contribution < 1.29 is 4.79 Å². The first kappa shape index (κ1) is 11.8. The van der Waals surface area contributed by atoms with Gasteiger partial charge in [-0.3, -0.25) is 4.79 Å². The lowest BCUT2D eigenvalue weighted by Gasteiger charge is -2.03. The average molecular weight is 277 g/mol. The van der Waals surface area contributed by atoms with Gasteiger partial charge in [-0.2, -0.15) is 0 Å². The molecule has 0 unspecified atom stereocenters. The van der Waals surface area contributed by atoms with Gasteiger partial charge >= 0.3 is 0 Å². The van der Waals surface area contributed by atoms with Crippen molar-refractivity contribution in [2.24, 2.45) is 0 Å². The zero-order chi connectivity index (χ0) is 12.9. The van der Waals surface area contributed by atoms with Crippen LogP contribution < -0.4 is 0 Å². The van der Waals surface area contributed by atoms with Gasteiger partial charge in [-0.1, -0.05) is 42.3 Å². The largest absolute Gasteiger partial charge is 0.289 e. The Morgan fingerprint density at radius 1 is 1.00 bits per heavy atom. The Morgan fingerprint density at radius 3 is 2.50 bits per heavy atom. The van der Waals surface area contributed by atoms with E-state index in [2.05, 4.69) is 6.92 Å². The highest BCUT2D eigenvalue weighted by Crippen LogP contribution is 2.42. The quantitative estimate of drug-likeness (QED) is 0.626. The lowest BCUT2D eigenvalue weighted by Crippen LogP contribution is -1.97. The third-order valence-corrected chi connectivity index (χ3v) is 3.83. The Morgan fingerprint density at radius 2 is 1.78 bits per heavy atom. The minimum Gasteiger partial charge on any atom is -0.289 e. The summed E-state index contributed by atoms with van der Waals surface area (Å²) in [7, 11) is 0. The fraction of sp³-hybridized carbons (Fsp3) is 0.133. The van der Waals surface area contributed by atoms with Crippen LogP contribution >= 0.6 is 23.2 Å². The number of ketones is 1. The third-order valence-electron chi connectivity index (χ3n) is 3.31. The molecule has 2 aromatic carbocycles. The molecule has 0 atom stereocenters. The summed E-state index contributed by atoms with van der Waals surface area (Å²) in [5, 5.41) is 0.982. The smallest absolute Gasteiger partial charge is 0.195 e. The predicted molar refractivity (Wildman–Crippen MR) is 74.7 cm³/mol. The van der Waals surface area contributed by atoms with Crippen LogP contribution in [0.5, 0.6) is 0 Å². The van der Waals surface area contributed by atoms with Crippen LogP contribution in [0.25, 0.3) is 11.1 Å². The molecule has 3 heteroatoms. The second-order valence-electron chi connectivity index (χ2n) is 4.37. The van der Waals surface area contributed by atoms with E-state index in [1.54, 1.807) is 12.1 Å². The van der Waals surface area contributed by atoms with Gasteiger partial charge in [-0.15, -0.1) is 0 Å². The van der Waals surface area contributed by atoms with Crippen LogP contribution in [0.1, 0.15) is 28.4 Å².